The topological polar surface area (TPSA) is 118 Å². The van der Waals surface area contributed by atoms with E-state index in [1.807, 2.05) is 60.7 Å². The third kappa shape index (κ3) is 4.60. The molecule has 4 N–H and O–H groups in total. The molecule has 4 unspecified atom stereocenters. The molecule has 0 aliphatic carbocycles. The van der Waals surface area contributed by atoms with Crippen LogP contribution in [0.3, 0.4) is 0 Å². The van der Waals surface area contributed by atoms with Crippen molar-refractivity contribution in [3.05, 3.63) is 141 Å². The van der Waals surface area contributed by atoms with E-state index in [0.29, 0.717) is 21.2 Å². The van der Waals surface area contributed by atoms with Gasteiger partial charge in [0.05, 0.1) is 11.8 Å². The third-order valence-corrected chi connectivity index (χ3v) is 8.69. The van der Waals surface area contributed by atoms with Gasteiger partial charge >= 0.3 is 0 Å². The highest BCUT2D eigenvalue weighted by molar-refractivity contribution is 6.31. The van der Waals surface area contributed by atoms with Gasteiger partial charge in [0.1, 0.15) is 5.41 Å². The van der Waals surface area contributed by atoms with Gasteiger partial charge in [0, 0.05) is 33.3 Å². The second-order valence-corrected chi connectivity index (χ2v) is 11.3. The first kappa shape index (κ1) is 27.8. The number of Topliss-reactive ketones (excluding diaryl/α,β-unsaturated/α-hetero) is 2. The Hall–Kier alpha value is -4.30. The van der Waals surface area contributed by atoms with Gasteiger partial charge < -0.3 is 15.9 Å². The van der Waals surface area contributed by atoms with Gasteiger partial charge in [-0.1, -0.05) is 89.0 Å². The first-order valence-electron chi connectivity index (χ1n) is 13.4. The molecule has 0 radical (unpaired) electrons. The summed E-state index contributed by atoms with van der Waals surface area (Å²) in [5.41, 5.74) is 7.25. The number of nitrogens with two attached hydrogens (primary N) is 1. The van der Waals surface area contributed by atoms with E-state index in [0.717, 1.165) is 11.1 Å². The van der Waals surface area contributed by atoms with E-state index >= 15 is 0 Å². The molecule has 1 fully saturated rings. The van der Waals surface area contributed by atoms with E-state index in [1.54, 1.807) is 48.5 Å². The van der Waals surface area contributed by atoms with Crippen LogP contribution in [0.4, 0.5) is 0 Å². The summed E-state index contributed by atoms with van der Waals surface area (Å²) in [6.45, 7) is 0. The van der Waals surface area contributed by atoms with E-state index in [4.69, 9.17) is 33.8 Å². The standard InChI is InChI=1S/C33H26Cl2N4O3/c34-23-15-11-21(12-16-23)29(40)25-27(19-7-3-1-4-8-19)38-28(20-9-5-2-6-10-20)26(33(25)31(36)39-42-32(33)37)30(41)22-13-17-24(35)18-14-22/h1-18,25-28,37-38H,(H2,36,39). The van der Waals surface area contributed by atoms with E-state index in [1.165, 1.54) is 0 Å². The van der Waals surface area contributed by atoms with Crippen molar-refractivity contribution in [3.8, 4) is 0 Å². The molecule has 7 nitrogen and oxygen atoms in total. The van der Waals surface area contributed by atoms with Crippen molar-refractivity contribution >= 4 is 46.5 Å². The van der Waals surface area contributed by atoms with Gasteiger partial charge in [0.2, 0.25) is 5.90 Å². The Labute approximate surface area is 252 Å². The Morgan fingerprint density at radius 1 is 0.714 bits per heavy atom. The lowest BCUT2D eigenvalue weighted by molar-refractivity contribution is 0.0441. The lowest BCUT2D eigenvalue weighted by atomic mass is 9.53. The maximum Gasteiger partial charge on any atom is 0.233 e. The van der Waals surface area contributed by atoms with Crippen molar-refractivity contribution in [2.75, 3.05) is 0 Å². The smallest absolute Gasteiger partial charge is 0.233 e. The minimum atomic E-state index is -1.72. The molecule has 4 atom stereocenters. The molecule has 1 saturated heterocycles. The molecular formula is C33H26Cl2N4O3. The number of nitrogens with one attached hydrogen (secondary N) is 2. The highest BCUT2D eigenvalue weighted by Gasteiger charge is 2.68. The predicted octanol–water partition coefficient (Wildman–Crippen LogP) is 6.64. The molecule has 0 saturated carbocycles. The largest absolute Gasteiger partial charge is 0.383 e. The van der Waals surface area contributed by atoms with Crippen LogP contribution < -0.4 is 11.1 Å². The zero-order valence-corrected chi connectivity index (χ0v) is 23.7. The number of carbonyl (C=O) groups is 2. The molecule has 0 amide bonds. The molecule has 42 heavy (non-hydrogen) atoms. The highest BCUT2D eigenvalue weighted by Crippen LogP contribution is 2.57. The number of rotatable bonds is 6. The maximum atomic E-state index is 14.7. The Balaban J connectivity index is 1.64. The summed E-state index contributed by atoms with van der Waals surface area (Å²) in [5.74, 6) is -3.29. The van der Waals surface area contributed by atoms with Crippen molar-refractivity contribution < 1.29 is 14.4 Å². The van der Waals surface area contributed by atoms with Crippen LogP contribution in [0, 0.1) is 22.7 Å². The van der Waals surface area contributed by atoms with E-state index < -0.39 is 29.3 Å². The Kier molecular flexibility index (Phi) is 7.41. The fourth-order valence-corrected chi connectivity index (χ4v) is 6.52. The molecule has 210 valence electrons. The van der Waals surface area contributed by atoms with Crippen LogP contribution >= 0.6 is 23.2 Å². The summed E-state index contributed by atoms with van der Waals surface area (Å²) in [6.07, 6.45) is 0. The maximum absolute atomic E-state index is 14.7. The summed E-state index contributed by atoms with van der Waals surface area (Å²) in [7, 11) is 0. The average molecular weight is 598 g/mol. The SMILES string of the molecule is N=C1ON=C(N)C12C(C(=O)c1ccc(Cl)cc1)C(c1ccccc1)NC(c1ccccc1)C2C(=O)c1ccc(Cl)cc1. The third-order valence-electron chi connectivity index (χ3n) is 8.18. The van der Waals surface area contributed by atoms with Gasteiger partial charge in [-0.05, 0) is 59.7 Å². The van der Waals surface area contributed by atoms with Crippen LogP contribution in [0.1, 0.15) is 43.9 Å². The molecule has 9 heteroatoms. The van der Waals surface area contributed by atoms with Crippen molar-refractivity contribution in [1.82, 2.24) is 5.32 Å². The first-order valence-corrected chi connectivity index (χ1v) is 14.1. The fourth-order valence-electron chi connectivity index (χ4n) is 6.27. The van der Waals surface area contributed by atoms with E-state index in [-0.39, 0.29) is 23.3 Å². The first-order chi connectivity index (χ1) is 20.3. The van der Waals surface area contributed by atoms with Gasteiger partial charge in [-0.2, -0.15) is 0 Å². The van der Waals surface area contributed by atoms with Gasteiger partial charge in [0.15, 0.2) is 17.4 Å². The second-order valence-electron chi connectivity index (χ2n) is 10.4. The molecule has 2 heterocycles. The lowest BCUT2D eigenvalue weighted by Crippen LogP contribution is -2.65. The van der Waals surface area contributed by atoms with Crippen LogP contribution in [0.5, 0.6) is 0 Å². The number of nitrogens with zero attached hydrogens (tertiary/aromatic N) is 1. The number of ketones is 2. The fraction of sp³-hybridized carbons (Fsp3) is 0.152. The Morgan fingerprint density at radius 3 is 1.48 bits per heavy atom. The monoisotopic (exact) mass is 596 g/mol. The highest BCUT2D eigenvalue weighted by atomic mass is 35.5. The Bertz CT molecular complexity index is 1570. The zero-order chi connectivity index (χ0) is 29.4. The van der Waals surface area contributed by atoms with Gasteiger partial charge in [-0.15, -0.1) is 0 Å². The molecule has 6 rings (SSSR count). The van der Waals surface area contributed by atoms with Crippen molar-refractivity contribution in [1.29, 1.82) is 5.41 Å². The molecule has 1 spiro atoms. The van der Waals surface area contributed by atoms with Crippen LogP contribution in [0.2, 0.25) is 10.0 Å². The molecule has 2 aliphatic rings. The zero-order valence-electron chi connectivity index (χ0n) is 22.2. The van der Waals surface area contributed by atoms with Crippen LogP contribution in [-0.2, 0) is 4.84 Å². The molecule has 4 aromatic carbocycles. The Morgan fingerprint density at radius 2 is 1.12 bits per heavy atom. The minimum Gasteiger partial charge on any atom is -0.383 e. The van der Waals surface area contributed by atoms with E-state index in [9.17, 15) is 15.0 Å². The normalized spacial score (nSPS) is 25.1. The quantitative estimate of drug-likeness (QED) is 0.215. The van der Waals surface area contributed by atoms with Gasteiger partial charge in [-0.3, -0.25) is 15.0 Å². The summed E-state index contributed by atoms with van der Waals surface area (Å²) >= 11 is 12.3. The number of piperidine rings is 1. The number of benzene rings is 4. The lowest BCUT2D eigenvalue weighted by Gasteiger charge is -2.52. The number of amidine groups is 1. The van der Waals surface area contributed by atoms with Crippen LogP contribution in [0.25, 0.3) is 0 Å². The average Bonchev–Trinajstić information content (AvgIpc) is 3.30. The number of halogens is 2. The number of carbonyl (C=O) groups excluding carboxylic acids is 2. The number of hydrogen-bond acceptors (Lipinski definition) is 7. The summed E-state index contributed by atoms with van der Waals surface area (Å²) < 4.78 is 0. The van der Waals surface area contributed by atoms with E-state index in [2.05, 4.69) is 10.5 Å². The summed E-state index contributed by atoms with van der Waals surface area (Å²) in [4.78, 5) is 34.8. The van der Waals surface area contributed by atoms with Gasteiger partial charge in [0.25, 0.3) is 0 Å². The molecule has 0 bridgehead atoms. The predicted molar refractivity (Wildman–Crippen MR) is 163 cm³/mol. The summed E-state index contributed by atoms with van der Waals surface area (Å²) in [5, 5.41) is 17.8. The van der Waals surface area contributed by atoms with Crippen molar-refractivity contribution in [3.63, 3.8) is 0 Å². The molecule has 0 aromatic heterocycles. The molecule has 2 aliphatic heterocycles. The minimum absolute atomic E-state index is 0.101. The molecule has 4 aromatic rings. The van der Waals surface area contributed by atoms with Crippen LogP contribution in [-0.4, -0.2) is 23.3 Å². The second kappa shape index (κ2) is 11.2. The number of hydrogen-bond donors (Lipinski definition) is 3. The molecular weight excluding hydrogens is 571 g/mol. The van der Waals surface area contributed by atoms with Crippen molar-refractivity contribution in [2.24, 2.45) is 28.1 Å². The van der Waals surface area contributed by atoms with Crippen molar-refractivity contribution in [2.45, 2.75) is 12.1 Å². The summed E-state index contributed by atoms with van der Waals surface area (Å²) in [6, 6.07) is 30.6. The number of oxime groups is 1. The van der Waals surface area contributed by atoms with Gasteiger partial charge in [-0.25, -0.2) is 0 Å². The van der Waals surface area contributed by atoms with Crippen LogP contribution in [0.15, 0.2) is 114 Å².